The maximum Gasteiger partial charge on any atom is 0.0681 e. The van der Waals surface area contributed by atoms with E-state index in [4.69, 9.17) is 16.6 Å². The van der Waals surface area contributed by atoms with Crippen LogP contribution in [0, 0.1) is 0 Å². The van der Waals surface area contributed by atoms with Crippen LogP contribution in [0.4, 0.5) is 0 Å². The topological polar surface area (TPSA) is 72.3 Å². The summed E-state index contributed by atoms with van der Waals surface area (Å²) in [6.07, 6.45) is 3.24. The minimum Gasteiger partial charge on any atom is -0.392 e. The lowest BCUT2D eigenvalue weighted by Crippen LogP contribution is -2.44. The Morgan fingerprint density at radius 3 is 2.12 bits per heavy atom. The van der Waals surface area contributed by atoms with E-state index in [0.717, 1.165) is 24.8 Å². The Balaban J connectivity index is 2.20. The van der Waals surface area contributed by atoms with Crippen molar-refractivity contribution in [1.82, 2.24) is 0 Å². The summed E-state index contributed by atoms with van der Waals surface area (Å²) in [5.41, 5.74) is 14.4. The molecule has 1 fully saturated rings. The van der Waals surface area contributed by atoms with Gasteiger partial charge in [0.25, 0.3) is 0 Å². The van der Waals surface area contributed by atoms with Gasteiger partial charge in [0.1, 0.15) is 0 Å². The van der Waals surface area contributed by atoms with Gasteiger partial charge in [-0.3, -0.25) is 0 Å². The van der Waals surface area contributed by atoms with Gasteiger partial charge in [-0.25, -0.2) is 0 Å². The molecule has 0 saturated heterocycles. The number of aliphatic hydroxyl groups excluding tert-OH is 1. The Hall–Kier alpha value is -0.900. The normalized spacial score (nSPS) is 30.3. The van der Waals surface area contributed by atoms with Gasteiger partial charge >= 0.3 is 0 Å². The van der Waals surface area contributed by atoms with Crippen molar-refractivity contribution in [2.24, 2.45) is 11.5 Å². The Labute approximate surface area is 96.5 Å². The molecule has 3 nitrogen and oxygen atoms in total. The zero-order valence-electron chi connectivity index (χ0n) is 9.47. The van der Waals surface area contributed by atoms with Crippen LogP contribution < -0.4 is 11.5 Å². The molecule has 1 aliphatic rings. The summed E-state index contributed by atoms with van der Waals surface area (Å²) >= 11 is 0. The van der Waals surface area contributed by atoms with Crippen LogP contribution in [0.15, 0.2) is 24.3 Å². The molecule has 0 aliphatic heterocycles. The number of nitrogens with two attached hydrogens (primary N) is 2. The van der Waals surface area contributed by atoms with Crippen molar-refractivity contribution in [3.8, 4) is 0 Å². The fourth-order valence-electron chi connectivity index (χ4n) is 2.61. The predicted molar refractivity (Wildman–Crippen MR) is 64.9 cm³/mol. The molecular formula is C13H20N2O. The fourth-order valence-corrected chi connectivity index (χ4v) is 2.61. The minimum atomic E-state index is 0.0864. The van der Waals surface area contributed by atoms with Crippen molar-refractivity contribution in [1.29, 1.82) is 0 Å². The Kier molecular flexibility index (Phi) is 3.59. The van der Waals surface area contributed by atoms with E-state index in [2.05, 4.69) is 0 Å². The van der Waals surface area contributed by atoms with Crippen LogP contribution in [0.3, 0.4) is 0 Å². The fraction of sp³-hybridized carbons (Fsp3) is 0.538. The number of hydrogen-bond donors (Lipinski definition) is 3. The van der Waals surface area contributed by atoms with Gasteiger partial charge in [0.05, 0.1) is 6.61 Å². The van der Waals surface area contributed by atoms with Crippen molar-refractivity contribution in [3.05, 3.63) is 35.4 Å². The third-order valence-corrected chi connectivity index (χ3v) is 3.54. The van der Waals surface area contributed by atoms with Crippen LogP contribution >= 0.6 is 0 Å². The summed E-state index contributed by atoms with van der Waals surface area (Å²) in [6, 6.07) is 8.32. The third-order valence-electron chi connectivity index (χ3n) is 3.54. The molecule has 1 aliphatic carbocycles. The molecule has 1 aromatic rings. The molecule has 16 heavy (non-hydrogen) atoms. The lowest BCUT2D eigenvalue weighted by molar-refractivity contribution is 0.281. The van der Waals surface area contributed by atoms with Crippen molar-refractivity contribution in [3.63, 3.8) is 0 Å². The van der Waals surface area contributed by atoms with Gasteiger partial charge in [0, 0.05) is 18.0 Å². The molecule has 2 rings (SSSR count). The zero-order chi connectivity index (χ0) is 11.5. The van der Waals surface area contributed by atoms with E-state index in [9.17, 15) is 0 Å². The summed E-state index contributed by atoms with van der Waals surface area (Å²) in [5.74, 6) is 0.265. The van der Waals surface area contributed by atoms with Gasteiger partial charge in [0.2, 0.25) is 0 Å². The van der Waals surface area contributed by atoms with Crippen molar-refractivity contribution in [2.75, 3.05) is 0 Å². The number of hydrogen-bond acceptors (Lipinski definition) is 3. The van der Waals surface area contributed by atoms with Crippen LogP contribution in [0.2, 0.25) is 0 Å². The van der Waals surface area contributed by atoms with E-state index < -0.39 is 0 Å². The smallest absolute Gasteiger partial charge is 0.0681 e. The minimum absolute atomic E-state index is 0.0864. The lowest BCUT2D eigenvalue weighted by atomic mass is 9.77. The number of rotatable bonds is 2. The molecule has 0 radical (unpaired) electrons. The molecule has 5 N–H and O–H groups in total. The average molecular weight is 220 g/mol. The first-order valence-electron chi connectivity index (χ1n) is 5.93. The maximum atomic E-state index is 8.99. The highest BCUT2D eigenvalue weighted by atomic mass is 16.3. The molecule has 3 heteroatoms. The molecule has 1 saturated carbocycles. The molecule has 2 unspecified atom stereocenters. The first kappa shape index (κ1) is 11.6. The van der Waals surface area contributed by atoms with Crippen LogP contribution in [0.25, 0.3) is 0 Å². The lowest BCUT2D eigenvalue weighted by Gasteiger charge is -2.34. The molecule has 2 atom stereocenters. The molecule has 0 amide bonds. The van der Waals surface area contributed by atoms with Crippen LogP contribution in [0.1, 0.15) is 36.3 Å². The van der Waals surface area contributed by atoms with E-state index in [1.807, 2.05) is 24.3 Å². The Morgan fingerprint density at radius 2 is 1.62 bits per heavy atom. The van der Waals surface area contributed by atoms with Gasteiger partial charge in [-0.05, 0) is 24.0 Å². The van der Waals surface area contributed by atoms with E-state index >= 15 is 0 Å². The van der Waals surface area contributed by atoms with E-state index in [1.165, 1.54) is 5.56 Å². The Bertz CT molecular complexity index is 326. The van der Waals surface area contributed by atoms with Gasteiger partial charge in [-0.1, -0.05) is 30.7 Å². The maximum absolute atomic E-state index is 8.99. The van der Waals surface area contributed by atoms with E-state index in [0.29, 0.717) is 0 Å². The number of benzene rings is 1. The van der Waals surface area contributed by atoms with Gasteiger partial charge < -0.3 is 16.6 Å². The largest absolute Gasteiger partial charge is 0.392 e. The molecular weight excluding hydrogens is 200 g/mol. The Morgan fingerprint density at radius 1 is 1.06 bits per heavy atom. The van der Waals surface area contributed by atoms with Crippen LogP contribution in [-0.2, 0) is 6.61 Å². The van der Waals surface area contributed by atoms with Gasteiger partial charge in [-0.2, -0.15) is 0 Å². The zero-order valence-corrected chi connectivity index (χ0v) is 9.47. The number of aliphatic hydroxyl groups is 1. The quantitative estimate of drug-likeness (QED) is 0.699. The highest BCUT2D eigenvalue weighted by Crippen LogP contribution is 2.31. The predicted octanol–water partition coefficient (Wildman–Crippen LogP) is 1.10. The summed E-state index contributed by atoms with van der Waals surface area (Å²) in [5, 5.41) is 8.99. The average Bonchev–Trinajstić information content (AvgIpc) is 2.30. The second-order valence-electron chi connectivity index (χ2n) is 4.68. The van der Waals surface area contributed by atoms with Gasteiger partial charge in [0.15, 0.2) is 0 Å². The van der Waals surface area contributed by atoms with Crippen molar-refractivity contribution in [2.45, 2.75) is 43.9 Å². The first-order valence-corrected chi connectivity index (χ1v) is 5.93. The monoisotopic (exact) mass is 220 g/mol. The summed E-state index contributed by atoms with van der Waals surface area (Å²) in [6.45, 7) is 0.0864. The second-order valence-corrected chi connectivity index (χ2v) is 4.68. The molecule has 0 heterocycles. The highest BCUT2D eigenvalue weighted by Gasteiger charge is 2.29. The van der Waals surface area contributed by atoms with Crippen molar-refractivity contribution >= 4 is 0 Å². The molecule has 0 bridgehead atoms. The van der Waals surface area contributed by atoms with Crippen molar-refractivity contribution < 1.29 is 5.11 Å². The van der Waals surface area contributed by atoms with Crippen LogP contribution in [-0.4, -0.2) is 17.2 Å². The molecule has 1 aromatic carbocycles. The molecule has 0 aromatic heterocycles. The SMILES string of the molecule is NC1CCCC(N)C1c1ccc(CO)cc1. The standard InChI is InChI=1S/C13H20N2O/c14-11-2-1-3-12(15)13(11)10-6-4-9(8-16)5-7-10/h4-7,11-13,16H,1-3,8,14-15H2. The first-order chi connectivity index (χ1) is 7.72. The van der Waals surface area contributed by atoms with Gasteiger partial charge in [-0.15, -0.1) is 0 Å². The second kappa shape index (κ2) is 4.95. The highest BCUT2D eigenvalue weighted by molar-refractivity contribution is 5.28. The van der Waals surface area contributed by atoms with Crippen LogP contribution in [0.5, 0.6) is 0 Å². The molecule has 88 valence electrons. The summed E-state index contributed by atoms with van der Waals surface area (Å²) in [4.78, 5) is 0. The summed E-state index contributed by atoms with van der Waals surface area (Å²) < 4.78 is 0. The van der Waals surface area contributed by atoms with E-state index in [1.54, 1.807) is 0 Å². The molecule has 0 spiro atoms. The van der Waals surface area contributed by atoms with E-state index in [-0.39, 0.29) is 24.6 Å². The third kappa shape index (κ3) is 2.26. The summed E-state index contributed by atoms with van der Waals surface area (Å²) in [7, 11) is 0.